The minimum absolute atomic E-state index is 0.0881. The lowest BCUT2D eigenvalue weighted by Gasteiger charge is -2.39. The fourth-order valence-electron chi connectivity index (χ4n) is 2.83. The molecule has 2 aliphatic heterocycles. The van der Waals surface area contributed by atoms with Gasteiger partial charge >= 0.3 is 0 Å². The van der Waals surface area contributed by atoms with E-state index in [9.17, 15) is 5.11 Å². The molecular formula is C14H19NO3. The summed E-state index contributed by atoms with van der Waals surface area (Å²) < 4.78 is 11.4. The second-order valence-corrected chi connectivity index (χ2v) is 4.88. The Labute approximate surface area is 107 Å². The number of para-hydroxylation sites is 1. The van der Waals surface area contributed by atoms with Crippen molar-refractivity contribution in [3.8, 4) is 0 Å². The number of ether oxygens (including phenoxy) is 2. The number of aliphatic hydroxyl groups excluding tert-OH is 1. The van der Waals surface area contributed by atoms with E-state index in [-0.39, 0.29) is 12.4 Å². The number of benzene rings is 1. The third-order valence-electron chi connectivity index (χ3n) is 3.84. The van der Waals surface area contributed by atoms with Gasteiger partial charge in [-0.05, 0) is 6.07 Å². The lowest BCUT2D eigenvalue weighted by Crippen LogP contribution is -2.45. The minimum atomic E-state index is -0.329. The second-order valence-electron chi connectivity index (χ2n) is 4.88. The number of piperidine rings is 1. The summed E-state index contributed by atoms with van der Waals surface area (Å²) in [5.41, 5.74) is 2.12. The summed E-state index contributed by atoms with van der Waals surface area (Å²) in [7, 11) is 0. The summed E-state index contributed by atoms with van der Waals surface area (Å²) in [5, 5.41) is 9.38. The maximum Gasteiger partial charge on any atom is 0.171 e. The van der Waals surface area contributed by atoms with Gasteiger partial charge in [0.25, 0.3) is 0 Å². The van der Waals surface area contributed by atoms with E-state index in [1.165, 1.54) is 0 Å². The van der Waals surface area contributed by atoms with E-state index < -0.39 is 0 Å². The van der Waals surface area contributed by atoms with Crippen LogP contribution >= 0.6 is 0 Å². The maximum atomic E-state index is 9.38. The largest absolute Gasteiger partial charge is 0.392 e. The molecule has 1 spiro atoms. The van der Waals surface area contributed by atoms with Gasteiger partial charge in [0, 0.05) is 37.2 Å². The van der Waals surface area contributed by atoms with E-state index in [4.69, 9.17) is 9.47 Å². The van der Waals surface area contributed by atoms with Crippen molar-refractivity contribution in [3.63, 3.8) is 0 Å². The fraction of sp³-hybridized carbons (Fsp3) is 0.571. The standard InChI is InChI=1S/C14H19NO3/c16-11-12-3-1-2-4-13(12)15-7-5-14(6-8-15)17-9-10-18-14/h1-4,16H,5-11H2. The van der Waals surface area contributed by atoms with Gasteiger partial charge in [0.05, 0.1) is 19.8 Å². The smallest absolute Gasteiger partial charge is 0.171 e. The fourth-order valence-corrected chi connectivity index (χ4v) is 2.83. The predicted octanol–water partition coefficient (Wildman–Crippen LogP) is 1.52. The van der Waals surface area contributed by atoms with Crippen molar-refractivity contribution in [2.75, 3.05) is 31.2 Å². The summed E-state index contributed by atoms with van der Waals surface area (Å²) in [6, 6.07) is 8.02. The first-order valence-corrected chi connectivity index (χ1v) is 6.55. The summed E-state index contributed by atoms with van der Waals surface area (Å²) in [6.07, 6.45) is 1.79. The van der Waals surface area contributed by atoms with Gasteiger partial charge in [-0.2, -0.15) is 0 Å². The van der Waals surface area contributed by atoms with Crippen LogP contribution in [-0.4, -0.2) is 37.2 Å². The molecule has 0 bridgehead atoms. The average Bonchev–Trinajstić information content (AvgIpc) is 2.88. The monoisotopic (exact) mass is 249 g/mol. The molecule has 0 aliphatic carbocycles. The summed E-state index contributed by atoms with van der Waals surface area (Å²) in [4.78, 5) is 2.31. The molecular weight excluding hydrogens is 230 g/mol. The van der Waals surface area contributed by atoms with Gasteiger partial charge in [-0.3, -0.25) is 0 Å². The van der Waals surface area contributed by atoms with E-state index in [0.717, 1.165) is 37.2 Å². The van der Waals surface area contributed by atoms with Crippen LogP contribution in [0.1, 0.15) is 18.4 Å². The Morgan fingerprint density at radius 2 is 1.78 bits per heavy atom. The lowest BCUT2D eigenvalue weighted by molar-refractivity contribution is -0.169. The lowest BCUT2D eigenvalue weighted by atomic mass is 10.0. The average molecular weight is 249 g/mol. The van der Waals surface area contributed by atoms with Crippen LogP contribution < -0.4 is 4.90 Å². The van der Waals surface area contributed by atoms with Crippen LogP contribution in [0, 0.1) is 0 Å². The number of rotatable bonds is 2. The summed E-state index contributed by atoms with van der Waals surface area (Å²) in [5.74, 6) is -0.329. The van der Waals surface area contributed by atoms with Gasteiger partial charge in [0.1, 0.15) is 0 Å². The molecule has 0 unspecified atom stereocenters. The van der Waals surface area contributed by atoms with Gasteiger partial charge in [-0.1, -0.05) is 18.2 Å². The second kappa shape index (κ2) is 4.88. The quantitative estimate of drug-likeness (QED) is 0.863. The van der Waals surface area contributed by atoms with Gasteiger partial charge in [-0.15, -0.1) is 0 Å². The van der Waals surface area contributed by atoms with Crippen molar-refractivity contribution in [3.05, 3.63) is 29.8 Å². The van der Waals surface area contributed by atoms with E-state index in [0.29, 0.717) is 13.2 Å². The molecule has 0 amide bonds. The Morgan fingerprint density at radius 3 is 2.44 bits per heavy atom. The summed E-state index contributed by atoms with van der Waals surface area (Å²) >= 11 is 0. The molecule has 0 aromatic heterocycles. The van der Waals surface area contributed by atoms with Gasteiger partial charge < -0.3 is 19.5 Å². The predicted molar refractivity (Wildman–Crippen MR) is 68.4 cm³/mol. The molecule has 3 rings (SSSR count). The zero-order valence-corrected chi connectivity index (χ0v) is 10.5. The normalized spacial score (nSPS) is 22.6. The molecule has 2 aliphatic rings. The van der Waals surface area contributed by atoms with E-state index in [2.05, 4.69) is 11.0 Å². The van der Waals surface area contributed by atoms with Gasteiger partial charge in [0.15, 0.2) is 5.79 Å². The molecule has 2 heterocycles. The number of anilines is 1. The zero-order valence-electron chi connectivity index (χ0n) is 10.5. The molecule has 0 saturated carbocycles. The first-order chi connectivity index (χ1) is 8.83. The van der Waals surface area contributed by atoms with Crippen LogP contribution in [0.15, 0.2) is 24.3 Å². The van der Waals surface area contributed by atoms with Crippen LogP contribution in [-0.2, 0) is 16.1 Å². The zero-order chi connectivity index (χ0) is 12.4. The van der Waals surface area contributed by atoms with Crippen LogP contribution in [0.2, 0.25) is 0 Å². The molecule has 18 heavy (non-hydrogen) atoms. The van der Waals surface area contributed by atoms with Crippen molar-refractivity contribution in [1.82, 2.24) is 0 Å². The highest BCUT2D eigenvalue weighted by Crippen LogP contribution is 2.34. The molecule has 98 valence electrons. The highest BCUT2D eigenvalue weighted by Gasteiger charge is 2.39. The van der Waals surface area contributed by atoms with E-state index >= 15 is 0 Å². The number of hydrogen-bond acceptors (Lipinski definition) is 4. The van der Waals surface area contributed by atoms with Crippen LogP contribution in [0.4, 0.5) is 5.69 Å². The van der Waals surface area contributed by atoms with E-state index in [1.807, 2.05) is 18.2 Å². The SMILES string of the molecule is OCc1ccccc1N1CCC2(CC1)OCCO2. The van der Waals surface area contributed by atoms with Crippen LogP contribution in [0.25, 0.3) is 0 Å². The molecule has 2 fully saturated rings. The number of hydrogen-bond donors (Lipinski definition) is 1. The topological polar surface area (TPSA) is 41.9 Å². The summed E-state index contributed by atoms with van der Waals surface area (Å²) in [6.45, 7) is 3.35. The van der Waals surface area contributed by atoms with Crippen LogP contribution in [0.5, 0.6) is 0 Å². The first kappa shape index (κ1) is 12.0. The van der Waals surface area contributed by atoms with Crippen molar-refractivity contribution >= 4 is 5.69 Å². The molecule has 1 aromatic carbocycles. The van der Waals surface area contributed by atoms with Crippen molar-refractivity contribution in [2.45, 2.75) is 25.2 Å². The van der Waals surface area contributed by atoms with Crippen molar-refractivity contribution < 1.29 is 14.6 Å². The van der Waals surface area contributed by atoms with Gasteiger partial charge in [-0.25, -0.2) is 0 Å². The Morgan fingerprint density at radius 1 is 1.11 bits per heavy atom. The first-order valence-electron chi connectivity index (χ1n) is 6.55. The Bertz CT molecular complexity index is 405. The molecule has 1 aromatic rings. The Hall–Kier alpha value is -1.10. The molecule has 0 atom stereocenters. The van der Waals surface area contributed by atoms with Gasteiger partial charge in [0.2, 0.25) is 0 Å². The third-order valence-corrected chi connectivity index (χ3v) is 3.84. The molecule has 0 radical (unpaired) electrons. The third kappa shape index (κ3) is 2.11. The van der Waals surface area contributed by atoms with Crippen molar-refractivity contribution in [1.29, 1.82) is 0 Å². The molecule has 4 nitrogen and oxygen atoms in total. The Balaban J connectivity index is 1.72. The Kier molecular flexibility index (Phi) is 3.24. The van der Waals surface area contributed by atoms with Crippen molar-refractivity contribution in [2.24, 2.45) is 0 Å². The number of nitrogens with zero attached hydrogens (tertiary/aromatic N) is 1. The minimum Gasteiger partial charge on any atom is -0.392 e. The highest BCUT2D eigenvalue weighted by atomic mass is 16.7. The number of aliphatic hydroxyl groups is 1. The van der Waals surface area contributed by atoms with E-state index in [1.54, 1.807) is 0 Å². The molecule has 4 heteroatoms. The highest BCUT2D eigenvalue weighted by molar-refractivity contribution is 5.53. The maximum absolute atomic E-state index is 9.38. The molecule has 1 N–H and O–H groups in total. The van der Waals surface area contributed by atoms with Crippen LogP contribution in [0.3, 0.4) is 0 Å². The molecule has 2 saturated heterocycles.